The van der Waals surface area contributed by atoms with Gasteiger partial charge in [0.25, 0.3) is 0 Å². The fraction of sp³-hybridized carbons (Fsp3) is 0.462. The molecular weight excluding hydrogens is 316 g/mol. The van der Waals surface area contributed by atoms with Gasteiger partial charge in [-0.15, -0.1) is 12.4 Å². The van der Waals surface area contributed by atoms with Crippen LogP contribution in [0.2, 0.25) is 0 Å². The molecule has 5 N–H and O–H groups in total. The molecule has 8 heteroatoms. The number of carbonyl (C=O) groups is 1. The van der Waals surface area contributed by atoms with Gasteiger partial charge in [0, 0.05) is 0 Å². The Morgan fingerprint density at radius 3 is 2.19 bits per heavy atom. The number of benzene rings is 1. The zero-order chi connectivity index (χ0) is 15.4. The third-order valence-corrected chi connectivity index (χ3v) is 5.41. The van der Waals surface area contributed by atoms with Crippen molar-refractivity contribution in [1.82, 2.24) is 0 Å². The molecule has 0 saturated carbocycles. The number of sulfone groups is 1. The number of hydrogen-bond acceptors (Lipinski definition) is 5. The van der Waals surface area contributed by atoms with E-state index in [1.807, 2.05) is 6.92 Å². The first-order valence-corrected chi connectivity index (χ1v) is 7.77. The maximum atomic E-state index is 12.5. The average molecular weight is 337 g/mol. The molecule has 0 radical (unpaired) electrons. The molecule has 0 spiro atoms. The Morgan fingerprint density at radius 2 is 1.76 bits per heavy atom. The van der Waals surface area contributed by atoms with E-state index in [-0.39, 0.29) is 23.7 Å². The maximum Gasteiger partial charge on any atom is 0.339 e. The molecule has 0 unspecified atom stereocenters. The molecule has 0 fully saturated rings. The van der Waals surface area contributed by atoms with E-state index < -0.39 is 20.7 Å². The molecule has 1 aromatic rings. The van der Waals surface area contributed by atoms with Crippen molar-refractivity contribution in [2.75, 3.05) is 6.54 Å². The number of carboxylic acids is 1. The molecule has 1 atom stereocenters. The Kier molecular flexibility index (Phi) is 7.32. The fourth-order valence-corrected chi connectivity index (χ4v) is 3.37. The van der Waals surface area contributed by atoms with E-state index in [1.54, 1.807) is 12.1 Å². The molecule has 0 aliphatic rings. The second-order valence-corrected chi connectivity index (χ2v) is 6.96. The number of unbranched alkanes of at least 4 members (excludes halogenated alkanes) is 1. The first kappa shape index (κ1) is 19.9. The molecule has 0 aromatic heterocycles. The Morgan fingerprint density at radius 1 is 1.24 bits per heavy atom. The van der Waals surface area contributed by atoms with Crippen LogP contribution >= 0.6 is 12.4 Å². The number of nitrogens with two attached hydrogens (primary N) is 2. The zero-order valence-corrected chi connectivity index (χ0v) is 13.4. The minimum atomic E-state index is -4.16. The van der Waals surface area contributed by atoms with Gasteiger partial charge in [0.05, 0.1) is 4.90 Å². The van der Waals surface area contributed by atoms with Gasteiger partial charge >= 0.3 is 5.97 Å². The van der Waals surface area contributed by atoms with Gasteiger partial charge in [-0.2, -0.15) is 0 Å². The summed E-state index contributed by atoms with van der Waals surface area (Å²) in [5.74, 6) is -1.55. The summed E-state index contributed by atoms with van der Waals surface area (Å²) in [5.41, 5.74) is 11.9. The lowest BCUT2D eigenvalue weighted by molar-refractivity contribution is -0.140. The van der Waals surface area contributed by atoms with Gasteiger partial charge in [0.1, 0.15) is 0 Å². The minimum Gasteiger partial charge on any atom is -0.479 e. The summed E-state index contributed by atoms with van der Waals surface area (Å²) in [7, 11) is -4.16. The van der Waals surface area contributed by atoms with Gasteiger partial charge in [-0.3, -0.25) is 0 Å². The maximum absolute atomic E-state index is 12.5. The summed E-state index contributed by atoms with van der Waals surface area (Å²) in [6.45, 7) is 2.17. The second-order valence-electron chi connectivity index (χ2n) is 4.76. The minimum absolute atomic E-state index is 0. The van der Waals surface area contributed by atoms with Gasteiger partial charge in [-0.05, 0) is 44.9 Å². The van der Waals surface area contributed by atoms with Gasteiger partial charge in [-0.1, -0.05) is 17.7 Å². The van der Waals surface area contributed by atoms with Crippen LogP contribution in [0.15, 0.2) is 29.2 Å². The molecule has 0 saturated heterocycles. The molecule has 6 nitrogen and oxygen atoms in total. The zero-order valence-electron chi connectivity index (χ0n) is 11.8. The second kappa shape index (κ2) is 7.74. The van der Waals surface area contributed by atoms with Gasteiger partial charge in [0.15, 0.2) is 0 Å². The van der Waals surface area contributed by atoms with Crippen molar-refractivity contribution < 1.29 is 18.3 Å². The first-order valence-electron chi connectivity index (χ1n) is 6.29. The summed E-state index contributed by atoms with van der Waals surface area (Å²) in [6, 6.07) is 5.96. The van der Waals surface area contributed by atoms with Crippen molar-refractivity contribution >= 4 is 28.2 Å². The molecule has 0 heterocycles. The number of halogens is 1. The Bertz CT molecular complexity index is 574. The highest BCUT2D eigenvalue weighted by atomic mass is 35.5. The van der Waals surface area contributed by atoms with Crippen molar-refractivity contribution in [3.8, 4) is 0 Å². The van der Waals surface area contributed by atoms with E-state index >= 15 is 0 Å². The summed E-state index contributed by atoms with van der Waals surface area (Å²) >= 11 is 0. The molecule has 120 valence electrons. The number of aryl methyl sites for hydroxylation is 1. The van der Waals surface area contributed by atoms with Crippen LogP contribution in [0, 0.1) is 6.92 Å². The third-order valence-electron chi connectivity index (χ3n) is 3.18. The van der Waals surface area contributed by atoms with E-state index in [0.29, 0.717) is 19.4 Å². The molecule has 0 amide bonds. The van der Waals surface area contributed by atoms with E-state index in [2.05, 4.69) is 0 Å². The van der Waals surface area contributed by atoms with Crippen molar-refractivity contribution in [3.63, 3.8) is 0 Å². The molecule has 1 aromatic carbocycles. The van der Waals surface area contributed by atoms with Gasteiger partial charge in [-0.25, -0.2) is 13.2 Å². The standard InChI is InChI=1S/C13H20N2O4S.ClH/c1-10-4-6-11(7-5-10)20(18,19)13(15,12(16)17)8-2-3-9-14;/h4-7H,2-3,8-9,14-15H2,1H3,(H,16,17);1H/t13-;/m0./s1. The van der Waals surface area contributed by atoms with Crippen LogP contribution in [0.1, 0.15) is 24.8 Å². The fourth-order valence-electron chi connectivity index (χ4n) is 1.82. The van der Waals surface area contributed by atoms with Crippen molar-refractivity contribution in [3.05, 3.63) is 29.8 Å². The van der Waals surface area contributed by atoms with E-state index in [4.69, 9.17) is 11.5 Å². The van der Waals surface area contributed by atoms with Gasteiger partial charge < -0.3 is 16.6 Å². The van der Waals surface area contributed by atoms with E-state index in [1.165, 1.54) is 12.1 Å². The highest BCUT2D eigenvalue weighted by molar-refractivity contribution is 7.93. The molecule has 0 aliphatic carbocycles. The normalized spacial score (nSPS) is 14.0. The predicted octanol–water partition coefficient (Wildman–Crippen LogP) is 1.06. The quantitative estimate of drug-likeness (QED) is 0.639. The lowest BCUT2D eigenvalue weighted by Crippen LogP contribution is -2.54. The lowest BCUT2D eigenvalue weighted by atomic mass is 10.1. The van der Waals surface area contributed by atoms with Crippen LogP contribution in [-0.4, -0.2) is 30.9 Å². The van der Waals surface area contributed by atoms with Crippen molar-refractivity contribution in [2.24, 2.45) is 11.5 Å². The topological polar surface area (TPSA) is 123 Å². The molecule has 1 rings (SSSR count). The molecule has 21 heavy (non-hydrogen) atoms. The van der Waals surface area contributed by atoms with Crippen molar-refractivity contribution in [1.29, 1.82) is 0 Å². The SMILES string of the molecule is Cc1ccc(S(=O)(=O)[C@@](N)(CCCCN)C(=O)O)cc1.Cl. The Hall–Kier alpha value is -1.15. The number of carboxylic acid groups (broad SMARTS) is 1. The summed E-state index contributed by atoms with van der Waals surface area (Å²) in [6.07, 6.45) is 0.690. The first-order chi connectivity index (χ1) is 9.25. The van der Waals surface area contributed by atoms with Gasteiger partial charge in [0.2, 0.25) is 14.7 Å². The van der Waals surface area contributed by atoms with Crippen LogP contribution in [0.3, 0.4) is 0 Å². The molecular formula is C13H21ClN2O4S. The van der Waals surface area contributed by atoms with Crippen LogP contribution in [-0.2, 0) is 14.6 Å². The summed E-state index contributed by atoms with van der Waals surface area (Å²) in [5, 5.41) is 9.25. The number of aliphatic carboxylic acids is 1. The van der Waals surface area contributed by atoms with Crippen LogP contribution in [0.5, 0.6) is 0 Å². The predicted molar refractivity (Wildman–Crippen MR) is 83.1 cm³/mol. The lowest BCUT2D eigenvalue weighted by Gasteiger charge is -2.24. The third kappa shape index (κ3) is 4.16. The average Bonchev–Trinajstić information content (AvgIpc) is 2.38. The monoisotopic (exact) mass is 336 g/mol. The Labute approximate surface area is 130 Å². The van der Waals surface area contributed by atoms with Crippen molar-refractivity contribution in [2.45, 2.75) is 36.0 Å². The highest BCUT2D eigenvalue weighted by Crippen LogP contribution is 2.27. The summed E-state index contributed by atoms with van der Waals surface area (Å²) in [4.78, 5) is 8.96. The van der Waals surface area contributed by atoms with E-state index in [9.17, 15) is 18.3 Å². The van der Waals surface area contributed by atoms with Crippen LogP contribution in [0.25, 0.3) is 0 Å². The smallest absolute Gasteiger partial charge is 0.339 e. The molecule has 0 aliphatic heterocycles. The number of rotatable bonds is 7. The largest absolute Gasteiger partial charge is 0.479 e. The van der Waals surface area contributed by atoms with Crippen LogP contribution < -0.4 is 11.5 Å². The highest BCUT2D eigenvalue weighted by Gasteiger charge is 2.47. The molecule has 0 bridgehead atoms. The van der Waals surface area contributed by atoms with E-state index in [0.717, 1.165) is 5.56 Å². The van der Waals surface area contributed by atoms with Crippen LogP contribution in [0.4, 0.5) is 0 Å². The summed E-state index contributed by atoms with van der Waals surface area (Å²) < 4.78 is 24.9. The number of hydrogen-bond donors (Lipinski definition) is 3. The Balaban J connectivity index is 0.00000400.